The normalized spacial score (nSPS) is 15.7. The van der Waals surface area contributed by atoms with E-state index in [0.29, 0.717) is 24.7 Å². The molecule has 27 heavy (non-hydrogen) atoms. The minimum Gasteiger partial charge on any atom is -0.339 e. The van der Waals surface area contributed by atoms with Crippen LogP contribution in [0.15, 0.2) is 59.5 Å². The van der Waals surface area contributed by atoms with Crippen molar-refractivity contribution in [1.29, 1.82) is 0 Å². The smallest absolute Gasteiger partial charge is 0.253 e. The zero-order chi connectivity index (χ0) is 19.3. The number of piperidine rings is 1. The monoisotopic (exact) mass is 387 g/mol. The van der Waals surface area contributed by atoms with Crippen LogP contribution in [0.3, 0.4) is 0 Å². The number of sulfonamides is 1. The van der Waals surface area contributed by atoms with Gasteiger partial charge in [0, 0.05) is 31.2 Å². The van der Waals surface area contributed by atoms with Crippen LogP contribution < -0.4 is 10.0 Å². The standard InChI is InChI=1S/C20H25N3O3S/c1-21-18-10-12-23(13-11-18)20(24)17-8-5-9-19(14-17)27(25,26)22-15-16-6-3-2-4-7-16/h2-9,14,18,21-22H,10-13,15H2,1H3. The Hall–Kier alpha value is -2.22. The lowest BCUT2D eigenvalue weighted by Gasteiger charge is -2.31. The lowest BCUT2D eigenvalue weighted by molar-refractivity contribution is 0.0707. The summed E-state index contributed by atoms with van der Waals surface area (Å²) < 4.78 is 27.8. The Morgan fingerprint density at radius 3 is 2.44 bits per heavy atom. The number of benzene rings is 2. The molecule has 2 aromatic carbocycles. The van der Waals surface area contributed by atoms with Gasteiger partial charge in [0.15, 0.2) is 0 Å². The van der Waals surface area contributed by atoms with E-state index in [1.807, 2.05) is 37.4 Å². The van der Waals surface area contributed by atoms with E-state index in [2.05, 4.69) is 10.0 Å². The van der Waals surface area contributed by atoms with E-state index in [-0.39, 0.29) is 17.3 Å². The lowest BCUT2D eigenvalue weighted by Crippen LogP contribution is -2.44. The third kappa shape index (κ3) is 4.94. The quantitative estimate of drug-likeness (QED) is 0.795. The van der Waals surface area contributed by atoms with Crippen molar-refractivity contribution in [2.45, 2.75) is 30.3 Å². The molecular formula is C20H25N3O3S. The Morgan fingerprint density at radius 2 is 1.78 bits per heavy atom. The maximum Gasteiger partial charge on any atom is 0.253 e. The highest BCUT2D eigenvalue weighted by Gasteiger charge is 2.24. The maximum absolute atomic E-state index is 12.7. The lowest BCUT2D eigenvalue weighted by atomic mass is 10.0. The highest BCUT2D eigenvalue weighted by Crippen LogP contribution is 2.17. The van der Waals surface area contributed by atoms with Gasteiger partial charge in [-0.2, -0.15) is 0 Å². The van der Waals surface area contributed by atoms with E-state index in [0.717, 1.165) is 18.4 Å². The van der Waals surface area contributed by atoms with E-state index in [1.165, 1.54) is 12.1 Å². The SMILES string of the molecule is CNC1CCN(C(=O)c2cccc(S(=O)(=O)NCc3ccccc3)c2)CC1. The van der Waals surface area contributed by atoms with Crippen LogP contribution in [0.2, 0.25) is 0 Å². The molecule has 3 rings (SSSR count). The Balaban J connectivity index is 1.70. The fourth-order valence-corrected chi connectivity index (χ4v) is 4.27. The number of nitrogens with one attached hydrogen (secondary N) is 2. The summed E-state index contributed by atoms with van der Waals surface area (Å²) >= 11 is 0. The first kappa shape index (κ1) is 19.5. The maximum atomic E-state index is 12.7. The van der Waals surface area contributed by atoms with Crippen molar-refractivity contribution in [2.75, 3.05) is 20.1 Å². The molecule has 0 saturated carbocycles. The van der Waals surface area contributed by atoms with Gasteiger partial charge in [-0.05, 0) is 43.7 Å². The Kier molecular flexibility index (Phi) is 6.26. The molecule has 1 aliphatic rings. The number of hydrogen-bond donors (Lipinski definition) is 2. The summed E-state index contributed by atoms with van der Waals surface area (Å²) in [4.78, 5) is 14.6. The average molecular weight is 388 g/mol. The summed E-state index contributed by atoms with van der Waals surface area (Å²) in [5.74, 6) is -0.121. The first-order valence-corrected chi connectivity index (χ1v) is 10.6. The number of nitrogens with zero attached hydrogens (tertiary/aromatic N) is 1. The second kappa shape index (κ2) is 8.65. The van der Waals surface area contributed by atoms with Crippen molar-refractivity contribution in [3.05, 3.63) is 65.7 Å². The first-order chi connectivity index (χ1) is 13.0. The van der Waals surface area contributed by atoms with Gasteiger partial charge in [0.25, 0.3) is 5.91 Å². The number of carbonyl (C=O) groups is 1. The van der Waals surface area contributed by atoms with Gasteiger partial charge in [-0.15, -0.1) is 0 Å². The molecule has 144 valence electrons. The molecule has 1 aliphatic heterocycles. The van der Waals surface area contributed by atoms with Gasteiger partial charge in [-0.1, -0.05) is 36.4 Å². The topological polar surface area (TPSA) is 78.5 Å². The van der Waals surface area contributed by atoms with Crippen LogP contribution in [0, 0.1) is 0 Å². The van der Waals surface area contributed by atoms with Crippen molar-refractivity contribution in [2.24, 2.45) is 0 Å². The Labute approximate surface area is 160 Å². The van der Waals surface area contributed by atoms with Crippen molar-refractivity contribution < 1.29 is 13.2 Å². The largest absolute Gasteiger partial charge is 0.339 e. The molecule has 1 fully saturated rings. The molecule has 0 aliphatic carbocycles. The predicted molar refractivity (Wildman–Crippen MR) is 105 cm³/mol. The van der Waals surface area contributed by atoms with Crippen LogP contribution in [0.4, 0.5) is 0 Å². The average Bonchev–Trinajstić information content (AvgIpc) is 2.73. The number of carbonyl (C=O) groups excluding carboxylic acids is 1. The molecule has 0 bridgehead atoms. The molecule has 0 atom stereocenters. The van der Waals surface area contributed by atoms with Crippen LogP contribution in [0.1, 0.15) is 28.8 Å². The number of amides is 1. The molecule has 0 unspecified atom stereocenters. The van der Waals surface area contributed by atoms with E-state index in [9.17, 15) is 13.2 Å². The fraction of sp³-hybridized carbons (Fsp3) is 0.350. The van der Waals surface area contributed by atoms with Crippen LogP contribution in [-0.2, 0) is 16.6 Å². The number of likely N-dealkylation sites (tertiary alicyclic amines) is 1. The van der Waals surface area contributed by atoms with E-state index in [1.54, 1.807) is 17.0 Å². The summed E-state index contributed by atoms with van der Waals surface area (Å²) in [5, 5.41) is 3.23. The molecule has 2 aromatic rings. The molecule has 0 aromatic heterocycles. The van der Waals surface area contributed by atoms with Crippen molar-refractivity contribution in [3.8, 4) is 0 Å². The van der Waals surface area contributed by atoms with E-state index < -0.39 is 10.0 Å². The second-order valence-corrected chi connectivity index (χ2v) is 8.46. The molecule has 1 saturated heterocycles. The summed E-state index contributed by atoms with van der Waals surface area (Å²) in [5.41, 5.74) is 1.28. The van der Waals surface area contributed by atoms with Gasteiger partial charge in [-0.3, -0.25) is 4.79 Å². The van der Waals surface area contributed by atoms with Gasteiger partial charge >= 0.3 is 0 Å². The zero-order valence-electron chi connectivity index (χ0n) is 15.4. The molecule has 1 heterocycles. The van der Waals surface area contributed by atoms with Gasteiger partial charge in [0.2, 0.25) is 10.0 Å². The van der Waals surface area contributed by atoms with Crippen LogP contribution in [0.25, 0.3) is 0 Å². The van der Waals surface area contributed by atoms with Gasteiger partial charge in [0.05, 0.1) is 4.90 Å². The third-order valence-corrected chi connectivity index (χ3v) is 6.29. The van der Waals surface area contributed by atoms with Crippen molar-refractivity contribution in [3.63, 3.8) is 0 Å². The van der Waals surface area contributed by atoms with Crippen LogP contribution in [-0.4, -0.2) is 45.4 Å². The number of hydrogen-bond acceptors (Lipinski definition) is 4. The van der Waals surface area contributed by atoms with Crippen molar-refractivity contribution in [1.82, 2.24) is 14.9 Å². The minimum absolute atomic E-state index is 0.106. The highest BCUT2D eigenvalue weighted by molar-refractivity contribution is 7.89. The number of rotatable bonds is 6. The van der Waals surface area contributed by atoms with Gasteiger partial charge in [-0.25, -0.2) is 13.1 Å². The zero-order valence-corrected chi connectivity index (χ0v) is 16.2. The second-order valence-electron chi connectivity index (χ2n) is 6.69. The molecule has 6 nitrogen and oxygen atoms in total. The van der Waals surface area contributed by atoms with Gasteiger partial charge < -0.3 is 10.2 Å². The summed E-state index contributed by atoms with van der Waals surface area (Å²) in [6.07, 6.45) is 1.80. The minimum atomic E-state index is -3.69. The molecular weight excluding hydrogens is 362 g/mol. The highest BCUT2D eigenvalue weighted by atomic mass is 32.2. The third-order valence-electron chi connectivity index (χ3n) is 4.89. The fourth-order valence-electron chi connectivity index (χ4n) is 3.21. The first-order valence-electron chi connectivity index (χ1n) is 9.10. The molecule has 0 spiro atoms. The summed E-state index contributed by atoms with van der Waals surface area (Å²) in [6, 6.07) is 16.0. The van der Waals surface area contributed by atoms with E-state index in [4.69, 9.17) is 0 Å². The Bertz CT molecular complexity index is 876. The molecule has 0 radical (unpaired) electrons. The summed E-state index contributed by atoms with van der Waals surface area (Å²) in [7, 11) is -1.76. The Morgan fingerprint density at radius 1 is 1.07 bits per heavy atom. The molecule has 1 amide bonds. The summed E-state index contributed by atoms with van der Waals surface area (Å²) in [6.45, 7) is 1.56. The molecule has 2 N–H and O–H groups in total. The predicted octanol–water partition coefficient (Wildman–Crippen LogP) is 1.99. The van der Waals surface area contributed by atoms with Crippen LogP contribution >= 0.6 is 0 Å². The molecule has 7 heteroatoms. The van der Waals surface area contributed by atoms with Crippen LogP contribution in [0.5, 0.6) is 0 Å². The van der Waals surface area contributed by atoms with E-state index >= 15 is 0 Å². The van der Waals surface area contributed by atoms with Gasteiger partial charge in [0.1, 0.15) is 0 Å². The van der Waals surface area contributed by atoms with Crippen molar-refractivity contribution >= 4 is 15.9 Å².